The molecule has 0 saturated heterocycles. The van der Waals surface area contributed by atoms with E-state index in [0.29, 0.717) is 23.4 Å². The van der Waals surface area contributed by atoms with E-state index in [2.05, 4.69) is 11.4 Å². The number of aliphatic hydroxyl groups is 1. The Kier molecular flexibility index (Phi) is 6.55. The highest BCUT2D eigenvalue weighted by Crippen LogP contribution is 2.15. The molecule has 0 spiro atoms. The van der Waals surface area contributed by atoms with Gasteiger partial charge in [-0.2, -0.15) is 0 Å². The Morgan fingerprint density at radius 2 is 1.73 bits per heavy atom. The molecule has 0 saturated carbocycles. The number of carbonyl (C=O) groups is 1. The van der Waals surface area contributed by atoms with Crippen molar-refractivity contribution < 1.29 is 14.6 Å². The molecule has 134 valence electrons. The van der Waals surface area contributed by atoms with Crippen molar-refractivity contribution in [1.29, 1.82) is 0 Å². The molecular formula is C21H21NO3S. The molecule has 1 unspecified atom stereocenters. The summed E-state index contributed by atoms with van der Waals surface area (Å²) in [5.74, 6) is 0.613. The second kappa shape index (κ2) is 9.29. The largest absolute Gasteiger partial charge is 0.491 e. The second-order valence-corrected chi connectivity index (χ2v) is 6.93. The summed E-state index contributed by atoms with van der Waals surface area (Å²) in [4.78, 5) is 13.6. The highest BCUT2D eigenvalue weighted by atomic mass is 32.1. The summed E-state index contributed by atoms with van der Waals surface area (Å²) in [6.45, 7) is 1.40. The number of hydrogen-bond donors (Lipinski definition) is 2. The van der Waals surface area contributed by atoms with Gasteiger partial charge in [-0.25, -0.2) is 0 Å². The lowest BCUT2D eigenvalue weighted by Crippen LogP contribution is -2.30. The fourth-order valence-electron chi connectivity index (χ4n) is 2.49. The fraction of sp³-hybridized carbons (Fsp3) is 0.190. The summed E-state index contributed by atoms with van der Waals surface area (Å²) >= 11 is 1.68. The molecule has 5 heteroatoms. The van der Waals surface area contributed by atoms with Crippen LogP contribution in [0.5, 0.6) is 5.75 Å². The van der Waals surface area contributed by atoms with Gasteiger partial charge in [0.1, 0.15) is 18.5 Å². The highest BCUT2D eigenvalue weighted by Gasteiger charge is 2.09. The molecule has 3 rings (SSSR count). The average Bonchev–Trinajstić information content (AvgIpc) is 3.20. The maximum Gasteiger partial charge on any atom is 0.193 e. The first-order valence-corrected chi connectivity index (χ1v) is 9.34. The average molecular weight is 367 g/mol. The molecular weight excluding hydrogens is 346 g/mol. The molecule has 3 aromatic rings. The molecule has 0 aliphatic carbocycles. The Balaban J connectivity index is 1.44. The smallest absolute Gasteiger partial charge is 0.193 e. The van der Waals surface area contributed by atoms with Crippen LogP contribution in [-0.2, 0) is 6.54 Å². The van der Waals surface area contributed by atoms with Crippen molar-refractivity contribution in [1.82, 2.24) is 5.32 Å². The van der Waals surface area contributed by atoms with Gasteiger partial charge in [-0.15, -0.1) is 11.3 Å². The Morgan fingerprint density at radius 3 is 2.42 bits per heavy atom. The number of ether oxygens (including phenoxy) is 1. The van der Waals surface area contributed by atoms with E-state index in [1.54, 1.807) is 47.7 Å². The zero-order valence-electron chi connectivity index (χ0n) is 14.3. The van der Waals surface area contributed by atoms with Gasteiger partial charge in [0, 0.05) is 29.1 Å². The predicted octanol–water partition coefficient (Wildman–Crippen LogP) is 3.51. The third-order valence-electron chi connectivity index (χ3n) is 3.85. The zero-order chi connectivity index (χ0) is 18.2. The first-order valence-electron chi connectivity index (χ1n) is 8.46. The van der Waals surface area contributed by atoms with Crippen LogP contribution in [0, 0.1) is 0 Å². The molecule has 1 heterocycles. The third-order valence-corrected chi connectivity index (χ3v) is 4.73. The lowest BCUT2D eigenvalue weighted by Gasteiger charge is -2.13. The van der Waals surface area contributed by atoms with E-state index in [9.17, 15) is 9.90 Å². The number of benzene rings is 2. The Labute approximate surface area is 157 Å². The number of thiophene rings is 1. The van der Waals surface area contributed by atoms with Crippen molar-refractivity contribution in [2.45, 2.75) is 12.6 Å². The Bertz CT molecular complexity index is 801. The van der Waals surface area contributed by atoms with Gasteiger partial charge in [-0.3, -0.25) is 4.79 Å². The summed E-state index contributed by atoms with van der Waals surface area (Å²) in [5, 5.41) is 15.2. The first-order chi connectivity index (χ1) is 12.7. The molecule has 2 aromatic carbocycles. The van der Waals surface area contributed by atoms with Gasteiger partial charge < -0.3 is 15.2 Å². The van der Waals surface area contributed by atoms with Crippen LogP contribution in [0.2, 0.25) is 0 Å². The van der Waals surface area contributed by atoms with Crippen molar-refractivity contribution in [3.05, 3.63) is 88.1 Å². The molecule has 0 bridgehead atoms. The van der Waals surface area contributed by atoms with Crippen LogP contribution in [0.1, 0.15) is 20.8 Å². The summed E-state index contributed by atoms with van der Waals surface area (Å²) < 4.78 is 5.60. The predicted molar refractivity (Wildman–Crippen MR) is 104 cm³/mol. The third kappa shape index (κ3) is 5.26. The zero-order valence-corrected chi connectivity index (χ0v) is 15.1. The number of ketones is 1. The van der Waals surface area contributed by atoms with Crippen LogP contribution >= 0.6 is 11.3 Å². The van der Waals surface area contributed by atoms with E-state index in [4.69, 9.17) is 4.74 Å². The Hall–Kier alpha value is -2.47. The monoisotopic (exact) mass is 367 g/mol. The molecule has 0 fully saturated rings. The molecule has 0 aliphatic heterocycles. The normalized spacial score (nSPS) is 11.9. The maximum atomic E-state index is 12.4. The van der Waals surface area contributed by atoms with Crippen LogP contribution in [0.15, 0.2) is 72.1 Å². The number of carbonyl (C=O) groups excluding carboxylic acids is 1. The molecule has 0 amide bonds. The van der Waals surface area contributed by atoms with Gasteiger partial charge >= 0.3 is 0 Å². The van der Waals surface area contributed by atoms with Crippen molar-refractivity contribution >= 4 is 17.1 Å². The highest BCUT2D eigenvalue weighted by molar-refractivity contribution is 7.09. The second-order valence-electron chi connectivity index (χ2n) is 5.89. The van der Waals surface area contributed by atoms with Crippen molar-refractivity contribution in [2.75, 3.05) is 13.2 Å². The Morgan fingerprint density at radius 1 is 1.00 bits per heavy atom. The SMILES string of the molecule is O=C(c1ccccc1)c1ccc(OCC(O)CNCc2cccs2)cc1. The molecule has 26 heavy (non-hydrogen) atoms. The van der Waals surface area contributed by atoms with E-state index < -0.39 is 6.10 Å². The van der Waals surface area contributed by atoms with E-state index in [-0.39, 0.29) is 12.4 Å². The lowest BCUT2D eigenvalue weighted by atomic mass is 10.0. The minimum Gasteiger partial charge on any atom is -0.491 e. The van der Waals surface area contributed by atoms with Gasteiger partial charge in [0.15, 0.2) is 5.78 Å². The minimum atomic E-state index is -0.597. The van der Waals surface area contributed by atoms with Gasteiger partial charge in [0.25, 0.3) is 0 Å². The summed E-state index contributed by atoms with van der Waals surface area (Å²) in [7, 11) is 0. The van der Waals surface area contributed by atoms with Crippen LogP contribution in [0.3, 0.4) is 0 Å². The van der Waals surface area contributed by atoms with Crippen molar-refractivity contribution in [3.8, 4) is 5.75 Å². The summed E-state index contributed by atoms with van der Waals surface area (Å²) in [5.41, 5.74) is 1.27. The quantitative estimate of drug-likeness (QED) is 0.568. The first kappa shape index (κ1) is 18.3. The molecule has 0 aliphatic rings. The maximum absolute atomic E-state index is 12.4. The van der Waals surface area contributed by atoms with Gasteiger partial charge in [-0.1, -0.05) is 36.4 Å². The molecule has 1 atom stereocenters. The van der Waals surface area contributed by atoms with Gasteiger partial charge in [0.2, 0.25) is 0 Å². The number of aliphatic hydroxyl groups excluding tert-OH is 1. The van der Waals surface area contributed by atoms with Crippen LogP contribution in [0.25, 0.3) is 0 Å². The topological polar surface area (TPSA) is 58.6 Å². The van der Waals surface area contributed by atoms with E-state index >= 15 is 0 Å². The van der Waals surface area contributed by atoms with E-state index in [1.165, 1.54) is 4.88 Å². The summed E-state index contributed by atoms with van der Waals surface area (Å²) in [6, 6.07) is 20.2. The van der Waals surface area contributed by atoms with Crippen LogP contribution in [0.4, 0.5) is 0 Å². The fourth-order valence-corrected chi connectivity index (χ4v) is 3.16. The number of nitrogens with one attached hydrogen (secondary N) is 1. The number of hydrogen-bond acceptors (Lipinski definition) is 5. The minimum absolute atomic E-state index is 0.0186. The van der Waals surface area contributed by atoms with E-state index in [0.717, 1.165) is 6.54 Å². The van der Waals surface area contributed by atoms with Gasteiger partial charge in [0.05, 0.1) is 0 Å². The van der Waals surface area contributed by atoms with Crippen molar-refractivity contribution in [2.24, 2.45) is 0 Å². The van der Waals surface area contributed by atoms with E-state index in [1.807, 2.05) is 29.6 Å². The number of rotatable bonds is 9. The molecule has 2 N–H and O–H groups in total. The van der Waals surface area contributed by atoms with Gasteiger partial charge in [-0.05, 0) is 35.7 Å². The van der Waals surface area contributed by atoms with Crippen LogP contribution < -0.4 is 10.1 Å². The lowest BCUT2D eigenvalue weighted by molar-refractivity contribution is 0.103. The standard InChI is InChI=1S/C21H21NO3S/c23-18(13-22-14-20-7-4-12-26-20)15-25-19-10-8-17(9-11-19)21(24)16-5-2-1-3-6-16/h1-12,18,22-23H,13-15H2. The van der Waals surface area contributed by atoms with Crippen molar-refractivity contribution in [3.63, 3.8) is 0 Å². The molecule has 4 nitrogen and oxygen atoms in total. The molecule has 1 aromatic heterocycles. The summed E-state index contributed by atoms with van der Waals surface area (Å²) in [6.07, 6.45) is -0.597. The molecule has 0 radical (unpaired) electrons. The van der Waals surface area contributed by atoms with Crippen LogP contribution in [-0.4, -0.2) is 30.1 Å².